The predicted octanol–water partition coefficient (Wildman–Crippen LogP) is 0.908. The second-order valence-electron chi connectivity index (χ2n) is 2.87. The molecule has 0 aromatic heterocycles. The third kappa shape index (κ3) is 0.964. The fourth-order valence-corrected chi connectivity index (χ4v) is 1.47. The molecule has 1 amide bonds. The third-order valence-corrected chi connectivity index (χ3v) is 2.08. The highest BCUT2D eigenvalue weighted by Gasteiger charge is 2.29. The van der Waals surface area contributed by atoms with E-state index in [9.17, 15) is 4.79 Å². The first-order chi connectivity index (χ1) is 5.27. The molecule has 0 aromatic carbocycles. The molecule has 11 heavy (non-hydrogen) atoms. The number of nitrogens with zero attached hydrogens (tertiary/aromatic N) is 1. The van der Waals surface area contributed by atoms with E-state index in [0.717, 1.165) is 12.0 Å². The molecule has 0 saturated carbocycles. The molecule has 2 rings (SSSR count). The van der Waals surface area contributed by atoms with Gasteiger partial charge in [0.15, 0.2) is 5.90 Å². The number of ether oxygens (including phenoxy) is 1. The Morgan fingerprint density at radius 2 is 2.55 bits per heavy atom. The molecule has 2 aliphatic heterocycles. The van der Waals surface area contributed by atoms with Gasteiger partial charge in [-0.25, -0.2) is 0 Å². The number of amides is 1. The van der Waals surface area contributed by atoms with E-state index in [1.807, 2.05) is 6.92 Å². The Morgan fingerprint density at radius 1 is 1.73 bits per heavy atom. The molecule has 1 atom stereocenters. The summed E-state index contributed by atoms with van der Waals surface area (Å²) in [7, 11) is 0. The highest BCUT2D eigenvalue weighted by Crippen LogP contribution is 2.26. The minimum absolute atomic E-state index is 0.185. The Labute approximate surface area is 64.8 Å². The third-order valence-electron chi connectivity index (χ3n) is 2.08. The normalized spacial score (nSPS) is 28.8. The summed E-state index contributed by atoms with van der Waals surface area (Å²) in [5.41, 5.74) is 1.08. The molecule has 58 valence electrons. The van der Waals surface area contributed by atoms with Crippen LogP contribution in [0.3, 0.4) is 0 Å². The van der Waals surface area contributed by atoms with E-state index in [4.69, 9.17) is 4.74 Å². The van der Waals surface area contributed by atoms with Gasteiger partial charge in [0.1, 0.15) is 0 Å². The van der Waals surface area contributed by atoms with Crippen LogP contribution in [0.15, 0.2) is 16.6 Å². The first-order valence-corrected chi connectivity index (χ1v) is 3.71. The van der Waals surface area contributed by atoms with Crippen LogP contribution in [0, 0.1) is 5.92 Å². The Hall–Kier alpha value is -1.12. The molecule has 3 heteroatoms. The largest absolute Gasteiger partial charge is 0.480 e. The molecule has 0 radical (unpaired) electrons. The van der Waals surface area contributed by atoms with Gasteiger partial charge in [0, 0.05) is 6.08 Å². The summed E-state index contributed by atoms with van der Waals surface area (Å²) in [5.74, 6) is 0.721. The molecule has 1 fully saturated rings. The Balaban J connectivity index is 2.36. The first kappa shape index (κ1) is 6.58. The molecule has 2 aliphatic rings. The van der Waals surface area contributed by atoms with Gasteiger partial charge in [0.2, 0.25) is 0 Å². The van der Waals surface area contributed by atoms with Crippen molar-refractivity contribution in [3.05, 3.63) is 11.6 Å². The molecule has 3 nitrogen and oxygen atoms in total. The van der Waals surface area contributed by atoms with Crippen molar-refractivity contribution in [2.75, 3.05) is 6.61 Å². The lowest BCUT2D eigenvalue weighted by Gasteiger charge is -2.11. The molecule has 0 N–H and O–H groups in total. The summed E-state index contributed by atoms with van der Waals surface area (Å²) in [6.45, 7) is 2.65. The molecule has 0 aromatic rings. The molecular formula is C8H9NO2. The Morgan fingerprint density at radius 3 is 3.36 bits per heavy atom. The van der Waals surface area contributed by atoms with Crippen molar-refractivity contribution in [1.82, 2.24) is 0 Å². The lowest BCUT2D eigenvalue weighted by molar-refractivity contribution is -0.113. The summed E-state index contributed by atoms with van der Waals surface area (Å²) in [4.78, 5) is 14.6. The topological polar surface area (TPSA) is 38.7 Å². The van der Waals surface area contributed by atoms with Gasteiger partial charge in [-0.05, 0) is 13.3 Å². The zero-order valence-corrected chi connectivity index (χ0v) is 6.33. The van der Waals surface area contributed by atoms with E-state index in [-0.39, 0.29) is 11.8 Å². The molecule has 0 bridgehead atoms. The van der Waals surface area contributed by atoms with Crippen LogP contribution in [0.4, 0.5) is 0 Å². The van der Waals surface area contributed by atoms with Gasteiger partial charge in [0.05, 0.1) is 12.5 Å². The predicted molar refractivity (Wildman–Crippen MR) is 40.3 cm³/mol. The van der Waals surface area contributed by atoms with Crippen molar-refractivity contribution >= 4 is 11.8 Å². The van der Waals surface area contributed by atoms with E-state index in [1.165, 1.54) is 0 Å². The maximum atomic E-state index is 10.9. The monoisotopic (exact) mass is 151 g/mol. The lowest BCUT2D eigenvalue weighted by Crippen LogP contribution is -2.16. The molecule has 1 unspecified atom stereocenters. The van der Waals surface area contributed by atoms with Crippen molar-refractivity contribution in [3.63, 3.8) is 0 Å². The Bertz CT molecular complexity index is 265. The quantitative estimate of drug-likeness (QED) is 0.516. The highest BCUT2D eigenvalue weighted by molar-refractivity contribution is 6.03. The number of hydrogen-bond acceptors (Lipinski definition) is 2. The van der Waals surface area contributed by atoms with Crippen LogP contribution < -0.4 is 0 Å². The second kappa shape index (κ2) is 2.19. The molecule has 2 heterocycles. The fraction of sp³-hybridized carbons (Fsp3) is 0.500. The van der Waals surface area contributed by atoms with Crippen LogP contribution in [0.25, 0.3) is 0 Å². The zero-order chi connectivity index (χ0) is 7.84. The lowest BCUT2D eigenvalue weighted by atomic mass is 9.97. The zero-order valence-electron chi connectivity index (χ0n) is 6.33. The van der Waals surface area contributed by atoms with Crippen LogP contribution in [-0.2, 0) is 9.53 Å². The van der Waals surface area contributed by atoms with E-state index >= 15 is 0 Å². The Kier molecular flexibility index (Phi) is 1.31. The van der Waals surface area contributed by atoms with Gasteiger partial charge in [-0.2, -0.15) is 4.99 Å². The fourth-order valence-electron chi connectivity index (χ4n) is 1.47. The number of carbonyl (C=O) groups is 1. The number of aliphatic imine (C=N–C) groups is 1. The molecule has 1 saturated heterocycles. The number of dihydropyridines is 1. The van der Waals surface area contributed by atoms with Gasteiger partial charge >= 0.3 is 0 Å². The molecule has 0 spiro atoms. The van der Waals surface area contributed by atoms with Crippen molar-refractivity contribution in [2.45, 2.75) is 13.3 Å². The van der Waals surface area contributed by atoms with Crippen molar-refractivity contribution < 1.29 is 9.53 Å². The van der Waals surface area contributed by atoms with E-state index in [2.05, 4.69) is 4.99 Å². The molecule has 0 aliphatic carbocycles. The summed E-state index contributed by atoms with van der Waals surface area (Å²) in [5, 5.41) is 0. The smallest absolute Gasteiger partial charge is 0.272 e. The van der Waals surface area contributed by atoms with E-state index in [1.54, 1.807) is 6.08 Å². The first-order valence-electron chi connectivity index (χ1n) is 3.71. The highest BCUT2D eigenvalue weighted by atomic mass is 16.5. The SMILES string of the molecule is CC1=CC(=O)N=C2OCCC12. The van der Waals surface area contributed by atoms with Crippen molar-refractivity contribution in [2.24, 2.45) is 10.9 Å². The van der Waals surface area contributed by atoms with Gasteiger partial charge in [-0.15, -0.1) is 0 Å². The van der Waals surface area contributed by atoms with E-state index < -0.39 is 0 Å². The molecular weight excluding hydrogens is 142 g/mol. The average Bonchev–Trinajstić information content (AvgIpc) is 2.34. The van der Waals surface area contributed by atoms with Crippen molar-refractivity contribution in [1.29, 1.82) is 0 Å². The van der Waals surface area contributed by atoms with Gasteiger partial charge in [-0.3, -0.25) is 4.79 Å². The van der Waals surface area contributed by atoms with Crippen LogP contribution in [0.5, 0.6) is 0 Å². The number of rotatable bonds is 0. The van der Waals surface area contributed by atoms with Crippen LogP contribution in [0.1, 0.15) is 13.3 Å². The van der Waals surface area contributed by atoms with Gasteiger partial charge in [0.25, 0.3) is 5.91 Å². The minimum atomic E-state index is -0.185. The van der Waals surface area contributed by atoms with Gasteiger partial charge < -0.3 is 4.74 Å². The van der Waals surface area contributed by atoms with Crippen molar-refractivity contribution in [3.8, 4) is 0 Å². The van der Waals surface area contributed by atoms with Crippen LogP contribution in [-0.4, -0.2) is 18.4 Å². The minimum Gasteiger partial charge on any atom is -0.480 e. The van der Waals surface area contributed by atoms with Crippen LogP contribution in [0.2, 0.25) is 0 Å². The van der Waals surface area contributed by atoms with Gasteiger partial charge in [-0.1, -0.05) is 5.57 Å². The average molecular weight is 151 g/mol. The maximum Gasteiger partial charge on any atom is 0.272 e. The maximum absolute atomic E-state index is 10.9. The summed E-state index contributed by atoms with van der Waals surface area (Å²) < 4.78 is 5.19. The number of hydrogen-bond donors (Lipinski definition) is 0. The second-order valence-corrected chi connectivity index (χ2v) is 2.87. The number of fused-ring (bicyclic) bond motifs is 1. The summed E-state index contributed by atoms with van der Waals surface area (Å²) >= 11 is 0. The standard InChI is InChI=1S/C8H9NO2/c1-5-4-7(10)9-8-6(5)2-3-11-8/h4,6H,2-3H2,1H3. The number of carbonyl (C=O) groups excluding carboxylic acids is 1. The van der Waals surface area contributed by atoms with Crippen LogP contribution >= 0.6 is 0 Å². The van der Waals surface area contributed by atoms with E-state index in [0.29, 0.717) is 12.5 Å². The summed E-state index contributed by atoms with van der Waals surface area (Å²) in [6.07, 6.45) is 2.55. The summed E-state index contributed by atoms with van der Waals surface area (Å²) in [6, 6.07) is 0.